The zero-order chi connectivity index (χ0) is 12.3. The van der Waals surface area contributed by atoms with Crippen molar-refractivity contribution in [3.05, 3.63) is 5.82 Å². The molecule has 0 radical (unpaired) electrons. The number of ether oxygens (including phenoxy) is 2. The number of nitrogens with zero attached hydrogens (tertiary/aromatic N) is 3. The predicted octanol–water partition coefficient (Wildman–Crippen LogP) is -0.744. The fraction of sp³-hybridized carbons (Fsp3) is 0.625. The molecule has 1 atom stereocenters. The molecule has 17 heavy (non-hydrogen) atoms. The minimum Gasteiger partial charge on any atom is -0.481 e. The summed E-state index contributed by atoms with van der Waals surface area (Å²) in [5.74, 6) is 5.16. The number of carboxylic acids is 1. The highest BCUT2D eigenvalue weighted by Gasteiger charge is 2.24. The van der Waals surface area contributed by atoms with E-state index in [0.717, 1.165) is 11.8 Å². The van der Waals surface area contributed by atoms with Crippen LogP contribution in [0.1, 0.15) is 11.9 Å². The third kappa shape index (κ3) is 2.87. The SMILES string of the molecule is Nn1c(SCC(=O)O)nnc1C1COCCO1. The van der Waals surface area contributed by atoms with Crippen LogP contribution in [0.3, 0.4) is 0 Å². The lowest BCUT2D eigenvalue weighted by molar-refractivity contribution is -0.133. The number of hydrogen-bond acceptors (Lipinski definition) is 7. The second-order valence-electron chi connectivity index (χ2n) is 3.33. The molecule has 0 aliphatic carbocycles. The zero-order valence-corrected chi connectivity index (χ0v) is 9.72. The molecular weight excluding hydrogens is 248 g/mol. The first kappa shape index (κ1) is 12.1. The first-order valence-electron chi connectivity index (χ1n) is 4.93. The molecule has 1 fully saturated rings. The fourth-order valence-electron chi connectivity index (χ4n) is 1.37. The van der Waals surface area contributed by atoms with Gasteiger partial charge in [0.2, 0.25) is 5.16 Å². The summed E-state index contributed by atoms with van der Waals surface area (Å²) < 4.78 is 11.9. The zero-order valence-electron chi connectivity index (χ0n) is 8.90. The summed E-state index contributed by atoms with van der Waals surface area (Å²) >= 11 is 1.01. The monoisotopic (exact) mass is 260 g/mol. The van der Waals surface area contributed by atoms with Crippen LogP contribution in [-0.4, -0.2) is 51.5 Å². The topological polar surface area (TPSA) is 112 Å². The van der Waals surface area contributed by atoms with E-state index < -0.39 is 5.97 Å². The van der Waals surface area contributed by atoms with Crippen molar-refractivity contribution < 1.29 is 19.4 Å². The van der Waals surface area contributed by atoms with Gasteiger partial charge in [0.15, 0.2) is 5.82 Å². The van der Waals surface area contributed by atoms with Crippen LogP contribution in [0.2, 0.25) is 0 Å². The molecule has 94 valence electrons. The molecule has 1 unspecified atom stereocenters. The van der Waals surface area contributed by atoms with E-state index >= 15 is 0 Å². The first-order chi connectivity index (χ1) is 8.18. The minimum absolute atomic E-state index is 0.114. The van der Waals surface area contributed by atoms with Gasteiger partial charge in [0.25, 0.3) is 0 Å². The maximum atomic E-state index is 10.4. The lowest BCUT2D eigenvalue weighted by Gasteiger charge is -2.21. The van der Waals surface area contributed by atoms with Crippen molar-refractivity contribution in [2.45, 2.75) is 11.3 Å². The molecule has 2 heterocycles. The maximum absolute atomic E-state index is 10.4. The van der Waals surface area contributed by atoms with E-state index in [9.17, 15) is 4.79 Å². The van der Waals surface area contributed by atoms with Gasteiger partial charge in [-0.2, -0.15) is 0 Å². The number of rotatable bonds is 4. The summed E-state index contributed by atoms with van der Waals surface area (Å²) in [5.41, 5.74) is 0. The van der Waals surface area contributed by atoms with Crippen molar-refractivity contribution in [3.63, 3.8) is 0 Å². The highest BCUT2D eigenvalue weighted by atomic mass is 32.2. The second-order valence-corrected chi connectivity index (χ2v) is 4.27. The molecule has 0 aromatic carbocycles. The fourth-order valence-corrected chi connectivity index (χ4v) is 1.95. The minimum atomic E-state index is -0.934. The Balaban J connectivity index is 2.05. The van der Waals surface area contributed by atoms with Crippen LogP contribution >= 0.6 is 11.8 Å². The Morgan fingerprint density at radius 3 is 3.06 bits per heavy atom. The third-order valence-electron chi connectivity index (χ3n) is 2.12. The number of hydrogen-bond donors (Lipinski definition) is 2. The first-order valence-corrected chi connectivity index (χ1v) is 5.91. The van der Waals surface area contributed by atoms with Gasteiger partial charge in [0.1, 0.15) is 6.10 Å². The summed E-state index contributed by atoms with van der Waals surface area (Å²) in [7, 11) is 0. The Labute approximate surface area is 101 Å². The Kier molecular flexibility index (Phi) is 3.82. The smallest absolute Gasteiger partial charge is 0.313 e. The highest BCUT2D eigenvalue weighted by molar-refractivity contribution is 7.99. The summed E-state index contributed by atoms with van der Waals surface area (Å²) in [6.07, 6.45) is -0.347. The van der Waals surface area contributed by atoms with Gasteiger partial charge < -0.3 is 20.4 Å². The molecular formula is C8H12N4O4S. The standard InChI is InChI=1S/C8H12N4O4S/c9-12-7(5-3-15-1-2-16-5)10-11-8(12)17-4-6(13)14/h5H,1-4,9H2,(H,13,14). The van der Waals surface area contributed by atoms with Gasteiger partial charge in [-0.1, -0.05) is 11.8 Å². The van der Waals surface area contributed by atoms with Crippen LogP contribution in [0.15, 0.2) is 5.16 Å². The Morgan fingerprint density at radius 1 is 1.59 bits per heavy atom. The molecule has 1 aromatic heterocycles. The predicted molar refractivity (Wildman–Crippen MR) is 58.0 cm³/mol. The van der Waals surface area contributed by atoms with Crippen molar-refractivity contribution in [1.29, 1.82) is 0 Å². The van der Waals surface area contributed by atoms with Gasteiger partial charge >= 0.3 is 5.97 Å². The van der Waals surface area contributed by atoms with E-state index in [1.807, 2.05) is 0 Å². The molecule has 0 spiro atoms. The maximum Gasteiger partial charge on any atom is 0.313 e. The third-order valence-corrected chi connectivity index (χ3v) is 3.05. The van der Waals surface area contributed by atoms with E-state index in [2.05, 4.69) is 10.2 Å². The van der Waals surface area contributed by atoms with Crippen molar-refractivity contribution in [2.24, 2.45) is 0 Å². The van der Waals surface area contributed by atoms with E-state index in [1.54, 1.807) is 0 Å². The van der Waals surface area contributed by atoms with Gasteiger partial charge in [-0.15, -0.1) is 10.2 Å². The molecule has 1 aliphatic heterocycles. The number of aliphatic carboxylic acids is 1. The molecule has 1 aromatic rings. The summed E-state index contributed by atoms with van der Waals surface area (Å²) in [6.45, 7) is 1.41. The highest BCUT2D eigenvalue weighted by Crippen LogP contribution is 2.21. The lowest BCUT2D eigenvalue weighted by Crippen LogP contribution is -2.27. The number of nitrogens with two attached hydrogens (primary N) is 1. The molecule has 0 amide bonds. The quantitative estimate of drug-likeness (QED) is 0.537. The largest absolute Gasteiger partial charge is 0.481 e. The molecule has 9 heteroatoms. The summed E-state index contributed by atoms with van der Waals surface area (Å²) in [5, 5.41) is 16.6. The molecule has 1 aliphatic rings. The second kappa shape index (κ2) is 5.34. The molecule has 1 saturated heterocycles. The van der Waals surface area contributed by atoms with Crippen LogP contribution in [0.4, 0.5) is 0 Å². The van der Waals surface area contributed by atoms with E-state index in [1.165, 1.54) is 4.68 Å². The van der Waals surface area contributed by atoms with Crippen LogP contribution in [0.25, 0.3) is 0 Å². The molecule has 0 saturated carbocycles. The molecule has 3 N–H and O–H groups in total. The van der Waals surface area contributed by atoms with Gasteiger partial charge in [-0.3, -0.25) is 4.79 Å². The average molecular weight is 260 g/mol. The van der Waals surface area contributed by atoms with Crippen molar-refractivity contribution >= 4 is 17.7 Å². The van der Waals surface area contributed by atoms with Crippen molar-refractivity contribution in [2.75, 3.05) is 31.4 Å². The van der Waals surface area contributed by atoms with Gasteiger partial charge in [0.05, 0.1) is 25.6 Å². The number of carboxylic acid groups (broad SMARTS) is 1. The normalized spacial score (nSPS) is 20.4. The van der Waals surface area contributed by atoms with E-state index in [4.69, 9.17) is 20.4 Å². The Bertz CT molecular complexity index is 404. The lowest BCUT2D eigenvalue weighted by atomic mass is 10.3. The number of aromatic nitrogens is 3. The van der Waals surface area contributed by atoms with Gasteiger partial charge in [-0.25, -0.2) is 4.68 Å². The van der Waals surface area contributed by atoms with Gasteiger partial charge in [0, 0.05) is 0 Å². The Hall–Kier alpha value is -1.32. The molecule has 2 rings (SSSR count). The van der Waals surface area contributed by atoms with E-state index in [0.29, 0.717) is 30.8 Å². The van der Waals surface area contributed by atoms with Crippen molar-refractivity contribution in [1.82, 2.24) is 14.9 Å². The summed E-state index contributed by atoms with van der Waals surface area (Å²) in [6, 6.07) is 0. The number of thioether (sulfide) groups is 1. The van der Waals surface area contributed by atoms with Crippen LogP contribution in [0, 0.1) is 0 Å². The average Bonchev–Trinajstić information content (AvgIpc) is 2.69. The van der Waals surface area contributed by atoms with Crippen LogP contribution in [-0.2, 0) is 14.3 Å². The molecule has 8 nitrogen and oxygen atoms in total. The van der Waals surface area contributed by atoms with Crippen LogP contribution < -0.4 is 5.84 Å². The van der Waals surface area contributed by atoms with Gasteiger partial charge in [-0.05, 0) is 0 Å². The number of carbonyl (C=O) groups is 1. The summed E-state index contributed by atoms with van der Waals surface area (Å²) in [4.78, 5) is 10.4. The Morgan fingerprint density at radius 2 is 2.41 bits per heavy atom. The van der Waals surface area contributed by atoms with Crippen LogP contribution in [0.5, 0.6) is 0 Å². The van der Waals surface area contributed by atoms with E-state index in [-0.39, 0.29) is 11.9 Å². The molecule has 0 bridgehead atoms. The number of nitrogen functional groups attached to an aromatic ring is 1. The van der Waals surface area contributed by atoms with Crippen molar-refractivity contribution in [3.8, 4) is 0 Å².